The topological polar surface area (TPSA) is 146 Å². The molecule has 12 heteroatoms. The molecule has 0 aliphatic rings. The average Bonchev–Trinajstić information content (AvgIpc) is 3.34. The van der Waals surface area contributed by atoms with Gasteiger partial charge in [-0.3, -0.25) is 14.2 Å². The van der Waals surface area contributed by atoms with Gasteiger partial charge in [-0.1, -0.05) is 13.8 Å². The number of thiazole rings is 1. The molecule has 2 rings (SSSR count). The molecule has 0 saturated heterocycles. The smallest absolute Gasteiger partial charge is 0.323 e. The zero-order valence-corrected chi connectivity index (χ0v) is 21.5. The van der Waals surface area contributed by atoms with E-state index >= 15 is 0 Å². The lowest BCUT2D eigenvalue weighted by atomic mass is 10.1. The third-order valence-corrected chi connectivity index (χ3v) is 7.74. The van der Waals surface area contributed by atoms with E-state index in [0.29, 0.717) is 22.5 Å². The molecule has 33 heavy (non-hydrogen) atoms. The van der Waals surface area contributed by atoms with E-state index in [9.17, 15) is 14.2 Å². The Hall–Kier alpha value is -2.20. The molecule has 0 radical (unpaired) electrons. The van der Waals surface area contributed by atoms with Gasteiger partial charge in [0.2, 0.25) is 0 Å². The van der Waals surface area contributed by atoms with Crippen molar-refractivity contribution >= 4 is 41.4 Å². The first-order chi connectivity index (χ1) is 15.5. The number of rotatable bonds is 12. The van der Waals surface area contributed by atoms with Crippen LogP contribution in [0.25, 0.3) is 11.5 Å². The van der Waals surface area contributed by atoms with Gasteiger partial charge in [-0.15, -0.1) is 11.3 Å². The van der Waals surface area contributed by atoms with Crippen molar-refractivity contribution < 1.29 is 28.0 Å². The first kappa shape index (κ1) is 27.0. The van der Waals surface area contributed by atoms with Gasteiger partial charge in [0.1, 0.15) is 17.8 Å². The van der Waals surface area contributed by atoms with Crippen LogP contribution in [-0.4, -0.2) is 42.2 Å². The maximum atomic E-state index is 14.0. The Morgan fingerprint density at radius 3 is 2.12 bits per heavy atom. The van der Waals surface area contributed by atoms with Gasteiger partial charge in [0.15, 0.2) is 16.4 Å². The minimum absolute atomic E-state index is 0.0341. The number of carbonyl (C=O) groups excluding carboxylic acids is 2. The second-order valence-electron chi connectivity index (χ2n) is 7.87. The fourth-order valence-corrected chi connectivity index (χ4v) is 6.24. The van der Waals surface area contributed by atoms with E-state index < -0.39 is 31.5 Å². The molecule has 4 N–H and O–H groups in total. The van der Waals surface area contributed by atoms with Crippen molar-refractivity contribution in [2.24, 2.45) is 5.92 Å². The Balaban J connectivity index is 2.42. The third kappa shape index (κ3) is 7.14. The normalized spacial score (nSPS) is 15.1. The standard InChI is InChI=1S/C21H33N4O6PS/c1-7-29-19(26)13(5)24-32(28,25-14(6)20(27)30-8-2)17-10-9-15(31-17)18-16(11-12(3)4)33-21(22)23-18/h9-10,12-14H,7-8,11H2,1-6H3,(H2,22,23)(H2,24,25,28)/t13-,14?,32?/m1/s1. The summed E-state index contributed by atoms with van der Waals surface area (Å²) < 4.78 is 30.0. The third-order valence-electron chi connectivity index (χ3n) is 4.47. The number of carbonyl (C=O) groups is 2. The number of anilines is 1. The van der Waals surface area contributed by atoms with Gasteiger partial charge in [0, 0.05) is 4.88 Å². The largest absolute Gasteiger partial charge is 0.465 e. The molecule has 10 nitrogen and oxygen atoms in total. The number of nitrogens with two attached hydrogens (primary N) is 1. The molecule has 184 valence electrons. The summed E-state index contributed by atoms with van der Waals surface area (Å²) in [6, 6.07) is 1.31. The molecule has 0 aliphatic heterocycles. The van der Waals surface area contributed by atoms with Gasteiger partial charge < -0.3 is 19.6 Å². The first-order valence-electron chi connectivity index (χ1n) is 10.9. The van der Waals surface area contributed by atoms with Crippen molar-refractivity contribution in [2.75, 3.05) is 18.9 Å². The molecule has 3 atom stereocenters. The summed E-state index contributed by atoms with van der Waals surface area (Å²) in [5.41, 5.74) is 6.54. The summed E-state index contributed by atoms with van der Waals surface area (Å²) in [5, 5.41) is 5.94. The molecular formula is C21H33N4O6PS. The van der Waals surface area contributed by atoms with E-state index in [1.807, 2.05) is 0 Å². The second kappa shape index (κ2) is 11.8. The zero-order chi connectivity index (χ0) is 24.8. The molecule has 0 aromatic carbocycles. The molecule has 0 aliphatic carbocycles. The molecule has 0 spiro atoms. The average molecular weight is 501 g/mol. The van der Waals surface area contributed by atoms with Crippen molar-refractivity contribution in [3.8, 4) is 11.5 Å². The number of aromatic nitrogens is 1. The summed E-state index contributed by atoms with van der Waals surface area (Å²) in [6.07, 6.45) is 0.758. The lowest BCUT2D eigenvalue weighted by Gasteiger charge is -2.24. The molecule has 2 heterocycles. The number of furan rings is 1. The molecule has 0 bridgehead atoms. The molecular weight excluding hydrogens is 467 g/mol. The van der Waals surface area contributed by atoms with Crippen LogP contribution in [0.1, 0.15) is 46.4 Å². The lowest BCUT2D eigenvalue weighted by Crippen LogP contribution is -2.44. The van der Waals surface area contributed by atoms with E-state index in [0.717, 1.165) is 11.3 Å². The Labute approximate surface area is 198 Å². The van der Waals surface area contributed by atoms with Crippen molar-refractivity contribution in [2.45, 2.75) is 60.0 Å². The predicted molar refractivity (Wildman–Crippen MR) is 128 cm³/mol. The first-order valence-corrected chi connectivity index (χ1v) is 13.4. The number of esters is 2. The highest BCUT2D eigenvalue weighted by Crippen LogP contribution is 2.40. The highest BCUT2D eigenvalue weighted by Gasteiger charge is 2.36. The highest BCUT2D eigenvalue weighted by atomic mass is 32.1. The number of ether oxygens (including phenoxy) is 2. The van der Waals surface area contributed by atoms with Crippen LogP contribution in [0.4, 0.5) is 5.13 Å². The fraction of sp³-hybridized carbons (Fsp3) is 0.571. The van der Waals surface area contributed by atoms with Crippen molar-refractivity contribution in [3.05, 3.63) is 17.0 Å². The monoisotopic (exact) mass is 500 g/mol. The van der Waals surface area contributed by atoms with Crippen LogP contribution < -0.4 is 21.4 Å². The molecule has 0 fully saturated rings. The van der Waals surface area contributed by atoms with E-state index in [1.54, 1.807) is 19.9 Å². The second-order valence-corrected chi connectivity index (χ2v) is 11.2. The Morgan fingerprint density at radius 1 is 1.09 bits per heavy atom. The van der Waals surface area contributed by atoms with Crippen LogP contribution in [-0.2, 0) is 30.0 Å². The van der Waals surface area contributed by atoms with Gasteiger partial charge in [-0.05, 0) is 52.2 Å². The van der Waals surface area contributed by atoms with Crippen LogP contribution in [0, 0.1) is 5.92 Å². The number of hydrogen-bond donors (Lipinski definition) is 3. The zero-order valence-electron chi connectivity index (χ0n) is 19.8. The minimum Gasteiger partial charge on any atom is -0.465 e. The Bertz CT molecular complexity index is 975. The maximum Gasteiger partial charge on any atom is 0.323 e. The van der Waals surface area contributed by atoms with E-state index in [-0.39, 0.29) is 18.7 Å². The molecule has 2 aromatic rings. The minimum atomic E-state index is -3.80. The van der Waals surface area contributed by atoms with E-state index in [2.05, 4.69) is 29.0 Å². The predicted octanol–water partition coefficient (Wildman–Crippen LogP) is 3.08. The highest BCUT2D eigenvalue weighted by molar-refractivity contribution is 7.67. The molecule has 2 unspecified atom stereocenters. The number of nitrogens with one attached hydrogen (secondary N) is 2. The quantitative estimate of drug-likeness (QED) is 0.293. The Kier molecular flexibility index (Phi) is 9.66. The summed E-state index contributed by atoms with van der Waals surface area (Å²) in [7, 11) is -3.80. The van der Waals surface area contributed by atoms with Gasteiger partial charge >= 0.3 is 11.9 Å². The number of hydrogen-bond acceptors (Lipinski definition) is 9. The van der Waals surface area contributed by atoms with Crippen LogP contribution in [0.2, 0.25) is 0 Å². The summed E-state index contributed by atoms with van der Waals surface area (Å²) in [5.74, 6) is -0.392. The van der Waals surface area contributed by atoms with Crippen LogP contribution in [0.3, 0.4) is 0 Å². The van der Waals surface area contributed by atoms with Gasteiger partial charge in [-0.2, -0.15) is 0 Å². The molecule has 0 saturated carbocycles. The fourth-order valence-electron chi connectivity index (χ4n) is 3.05. The SMILES string of the molecule is CCOC(=O)C(C)NP(=O)(N[C@H](C)C(=O)OCC)c1ccc(-c2nc(N)sc2CC(C)C)o1. The Morgan fingerprint density at radius 2 is 1.64 bits per heavy atom. The van der Waals surface area contributed by atoms with E-state index in [1.165, 1.54) is 31.3 Å². The molecule has 0 amide bonds. The molecule has 2 aromatic heterocycles. The lowest BCUT2D eigenvalue weighted by molar-refractivity contribution is -0.145. The maximum absolute atomic E-state index is 14.0. The van der Waals surface area contributed by atoms with E-state index in [4.69, 9.17) is 19.6 Å². The van der Waals surface area contributed by atoms with Gasteiger partial charge in [0.25, 0.3) is 7.44 Å². The van der Waals surface area contributed by atoms with Gasteiger partial charge in [-0.25, -0.2) is 15.2 Å². The van der Waals surface area contributed by atoms with Crippen LogP contribution >= 0.6 is 18.8 Å². The number of nitrogens with zero attached hydrogens (tertiary/aromatic N) is 1. The van der Waals surface area contributed by atoms with Crippen LogP contribution in [0.5, 0.6) is 0 Å². The summed E-state index contributed by atoms with van der Waals surface area (Å²) in [4.78, 5) is 29.7. The van der Waals surface area contributed by atoms with Gasteiger partial charge in [0.05, 0.1) is 13.2 Å². The van der Waals surface area contributed by atoms with Crippen molar-refractivity contribution in [1.29, 1.82) is 0 Å². The van der Waals surface area contributed by atoms with Crippen LogP contribution in [0.15, 0.2) is 16.5 Å². The van der Waals surface area contributed by atoms with Crippen molar-refractivity contribution in [1.82, 2.24) is 15.2 Å². The summed E-state index contributed by atoms with van der Waals surface area (Å²) >= 11 is 1.38. The van der Waals surface area contributed by atoms with Crippen molar-refractivity contribution in [3.63, 3.8) is 0 Å². The summed E-state index contributed by atoms with van der Waals surface area (Å²) in [6.45, 7) is 10.9. The number of nitrogen functional groups attached to an aromatic ring is 1.